The summed E-state index contributed by atoms with van der Waals surface area (Å²) >= 11 is 0. The van der Waals surface area contributed by atoms with Crippen LogP contribution in [-0.2, 0) is 14.7 Å². The second kappa shape index (κ2) is 11.5. The van der Waals surface area contributed by atoms with E-state index in [1.165, 1.54) is 44.5 Å². The molecule has 1 fully saturated rings. The smallest absolute Gasteiger partial charge is 0.399 e. The molecule has 2 aliphatic carbocycles. The molecule has 55 heavy (non-hydrogen) atoms. The van der Waals surface area contributed by atoms with E-state index < -0.39 is 23.7 Å². The lowest BCUT2D eigenvalue weighted by atomic mass is 9.69. The number of aromatic nitrogens is 2. The van der Waals surface area contributed by atoms with Crippen molar-refractivity contribution in [2.45, 2.75) is 44.3 Å². The second-order valence-electron chi connectivity index (χ2n) is 16.2. The standard InChI is InChI=1S/C50H39BN2O2/c1-48(2)49(3,4)55-51(54-48)35-26-28-44-40(31-35)39-30-33(25-27-43(39)50(44)41-21-10-8-19-37(41)38-20-9-11-22-42(38)50)32-15-14-16-34(29-32)47-52-45-23-12-13-24-46(45)53(47)36-17-6-5-7-18-36/h5-31H,1-4H3. The topological polar surface area (TPSA) is 36.3 Å². The van der Waals surface area contributed by atoms with Crippen LogP contribution in [0.25, 0.3) is 61.5 Å². The summed E-state index contributed by atoms with van der Waals surface area (Å²) in [5.74, 6) is 0.922. The number of para-hydroxylation sites is 3. The van der Waals surface area contributed by atoms with E-state index in [1.807, 2.05) is 0 Å². The van der Waals surface area contributed by atoms with Gasteiger partial charge in [0.2, 0.25) is 0 Å². The van der Waals surface area contributed by atoms with Gasteiger partial charge in [0, 0.05) is 11.3 Å². The minimum Gasteiger partial charge on any atom is -0.399 e. The van der Waals surface area contributed by atoms with Crippen LogP contribution in [0.4, 0.5) is 0 Å². The summed E-state index contributed by atoms with van der Waals surface area (Å²) in [5.41, 5.74) is 16.5. The first-order valence-corrected chi connectivity index (χ1v) is 19.2. The minimum absolute atomic E-state index is 0.432. The Morgan fingerprint density at radius 2 is 1.04 bits per heavy atom. The third kappa shape index (κ3) is 4.51. The monoisotopic (exact) mass is 710 g/mol. The normalized spacial score (nSPS) is 16.6. The van der Waals surface area contributed by atoms with Gasteiger partial charge in [0.05, 0.1) is 27.7 Å². The van der Waals surface area contributed by atoms with Gasteiger partial charge in [-0.05, 0) is 125 Å². The van der Waals surface area contributed by atoms with Crippen LogP contribution in [0.1, 0.15) is 49.9 Å². The van der Waals surface area contributed by atoms with E-state index in [9.17, 15) is 0 Å². The van der Waals surface area contributed by atoms with Crippen molar-refractivity contribution >= 4 is 23.6 Å². The molecule has 0 radical (unpaired) electrons. The zero-order chi connectivity index (χ0) is 37.1. The zero-order valence-corrected chi connectivity index (χ0v) is 31.4. The van der Waals surface area contributed by atoms with Crippen molar-refractivity contribution in [2.75, 3.05) is 0 Å². The van der Waals surface area contributed by atoms with Gasteiger partial charge in [0.15, 0.2) is 0 Å². The van der Waals surface area contributed by atoms with Crippen molar-refractivity contribution in [1.82, 2.24) is 9.55 Å². The molecule has 1 aliphatic heterocycles. The maximum Gasteiger partial charge on any atom is 0.494 e. The van der Waals surface area contributed by atoms with Crippen LogP contribution in [-0.4, -0.2) is 27.9 Å². The molecule has 8 aromatic rings. The largest absolute Gasteiger partial charge is 0.494 e. The van der Waals surface area contributed by atoms with Gasteiger partial charge in [-0.15, -0.1) is 0 Å². The van der Waals surface area contributed by atoms with Gasteiger partial charge >= 0.3 is 7.12 Å². The van der Waals surface area contributed by atoms with E-state index in [0.29, 0.717) is 0 Å². The minimum atomic E-state index is -0.456. The average molecular weight is 711 g/mol. The summed E-state index contributed by atoms with van der Waals surface area (Å²) in [7, 11) is -0.456. The molecule has 3 aliphatic rings. The van der Waals surface area contributed by atoms with Crippen LogP contribution >= 0.6 is 0 Å². The van der Waals surface area contributed by atoms with Crippen LogP contribution < -0.4 is 5.46 Å². The molecule has 7 aromatic carbocycles. The van der Waals surface area contributed by atoms with E-state index in [4.69, 9.17) is 14.3 Å². The number of nitrogens with zero attached hydrogens (tertiary/aromatic N) is 2. The van der Waals surface area contributed by atoms with E-state index in [1.54, 1.807) is 0 Å². The summed E-state index contributed by atoms with van der Waals surface area (Å²) in [4.78, 5) is 5.18. The lowest BCUT2D eigenvalue weighted by Crippen LogP contribution is -2.41. The molecular formula is C50H39BN2O2. The number of fused-ring (bicyclic) bond motifs is 11. The number of benzene rings is 7. The summed E-state index contributed by atoms with van der Waals surface area (Å²) in [6.07, 6.45) is 0. The molecule has 0 unspecified atom stereocenters. The van der Waals surface area contributed by atoms with Crippen molar-refractivity contribution in [3.05, 3.63) is 186 Å². The van der Waals surface area contributed by atoms with E-state index in [0.717, 1.165) is 44.7 Å². The van der Waals surface area contributed by atoms with Gasteiger partial charge in [-0.2, -0.15) is 0 Å². The molecule has 11 rings (SSSR count). The van der Waals surface area contributed by atoms with Crippen LogP contribution in [0.3, 0.4) is 0 Å². The molecule has 1 saturated heterocycles. The lowest BCUT2D eigenvalue weighted by Gasteiger charge is -2.32. The number of imidazole rings is 1. The van der Waals surface area contributed by atoms with Crippen molar-refractivity contribution in [1.29, 1.82) is 0 Å². The Balaban J connectivity index is 1.11. The quantitative estimate of drug-likeness (QED) is 0.171. The molecule has 5 heteroatoms. The third-order valence-corrected chi connectivity index (χ3v) is 12.7. The Bertz CT molecular complexity index is 2790. The maximum absolute atomic E-state index is 6.61. The fraction of sp³-hybridized carbons (Fsp3) is 0.140. The van der Waals surface area contributed by atoms with Crippen molar-refractivity contribution in [3.63, 3.8) is 0 Å². The van der Waals surface area contributed by atoms with Gasteiger partial charge < -0.3 is 9.31 Å². The van der Waals surface area contributed by atoms with Crippen LogP contribution in [0.2, 0.25) is 0 Å². The Labute approximate surface area is 322 Å². The van der Waals surface area contributed by atoms with Gasteiger partial charge in [-0.1, -0.05) is 127 Å². The van der Waals surface area contributed by atoms with Crippen molar-refractivity contribution < 1.29 is 9.31 Å². The number of rotatable bonds is 4. The van der Waals surface area contributed by atoms with Crippen LogP contribution in [0.5, 0.6) is 0 Å². The summed E-state index contributed by atoms with van der Waals surface area (Å²) in [6, 6.07) is 59.6. The van der Waals surface area contributed by atoms with Gasteiger partial charge in [0.1, 0.15) is 5.82 Å². The predicted molar refractivity (Wildman–Crippen MR) is 224 cm³/mol. The Morgan fingerprint density at radius 3 is 1.76 bits per heavy atom. The van der Waals surface area contributed by atoms with Crippen LogP contribution in [0.15, 0.2) is 164 Å². The van der Waals surface area contributed by atoms with Crippen molar-refractivity contribution in [2.24, 2.45) is 0 Å². The van der Waals surface area contributed by atoms with Gasteiger partial charge in [0.25, 0.3) is 0 Å². The zero-order valence-electron chi connectivity index (χ0n) is 31.4. The highest BCUT2D eigenvalue weighted by atomic mass is 16.7. The van der Waals surface area contributed by atoms with Crippen molar-refractivity contribution in [3.8, 4) is 50.5 Å². The third-order valence-electron chi connectivity index (χ3n) is 12.7. The second-order valence-corrected chi connectivity index (χ2v) is 16.2. The fourth-order valence-corrected chi connectivity index (χ4v) is 9.37. The Hall–Kier alpha value is -6.01. The average Bonchev–Trinajstić information content (AvgIpc) is 3.90. The molecule has 2 heterocycles. The molecule has 0 N–H and O–H groups in total. The first-order chi connectivity index (χ1) is 26.7. The molecule has 0 amide bonds. The van der Waals surface area contributed by atoms with E-state index in [2.05, 4.69) is 196 Å². The molecule has 4 nitrogen and oxygen atoms in total. The molecule has 0 bridgehead atoms. The molecule has 0 atom stereocenters. The maximum atomic E-state index is 6.61. The highest BCUT2D eigenvalue weighted by Crippen LogP contribution is 2.63. The Kier molecular flexibility index (Phi) is 6.78. The van der Waals surface area contributed by atoms with Crippen LogP contribution in [0, 0.1) is 0 Å². The van der Waals surface area contributed by atoms with E-state index in [-0.39, 0.29) is 0 Å². The molecule has 0 saturated carbocycles. The SMILES string of the molecule is CC1(C)OB(c2ccc3c(c2)-c2cc(-c4cccc(-c5nc6ccccc6n5-c5ccccc5)c4)ccc2C32c3ccccc3-c3ccccc32)OC1(C)C. The Morgan fingerprint density at radius 1 is 0.473 bits per heavy atom. The lowest BCUT2D eigenvalue weighted by molar-refractivity contribution is 0.00578. The first-order valence-electron chi connectivity index (χ1n) is 19.2. The molecule has 264 valence electrons. The highest BCUT2D eigenvalue weighted by Gasteiger charge is 2.54. The molecule has 1 spiro atoms. The first kappa shape index (κ1) is 32.4. The molecular weight excluding hydrogens is 671 g/mol. The predicted octanol–water partition coefficient (Wildman–Crippen LogP) is 11.0. The van der Waals surface area contributed by atoms with Gasteiger partial charge in [-0.25, -0.2) is 4.98 Å². The summed E-state index contributed by atoms with van der Waals surface area (Å²) in [6.45, 7) is 8.47. The van der Waals surface area contributed by atoms with Gasteiger partial charge in [-0.3, -0.25) is 4.57 Å². The number of hydrogen-bond acceptors (Lipinski definition) is 3. The highest BCUT2D eigenvalue weighted by molar-refractivity contribution is 6.62. The van der Waals surface area contributed by atoms with E-state index >= 15 is 0 Å². The summed E-state index contributed by atoms with van der Waals surface area (Å²) < 4.78 is 15.5. The number of hydrogen-bond donors (Lipinski definition) is 0. The molecule has 1 aromatic heterocycles. The summed E-state index contributed by atoms with van der Waals surface area (Å²) in [5, 5.41) is 0. The fourth-order valence-electron chi connectivity index (χ4n) is 9.37.